The van der Waals surface area contributed by atoms with Crippen LogP contribution in [0.2, 0.25) is 0 Å². The highest BCUT2D eigenvalue weighted by atomic mass is 19.3. The first-order chi connectivity index (χ1) is 5.93. The molecule has 2 nitrogen and oxygen atoms in total. The predicted molar refractivity (Wildman–Crippen MR) is 47.0 cm³/mol. The lowest BCUT2D eigenvalue weighted by molar-refractivity contribution is 0.00145. The molecule has 1 rings (SSSR count). The lowest BCUT2D eigenvalue weighted by Gasteiger charge is -2.20. The van der Waals surface area contributed by atoms with Gasteiger partial charge in [0.25, 0.3) is 5.92 Å². The summed E-state index contributed by atoms with van der Waals surface area (Å²) in [6.45, 7) is 2.91. The molecular formula is C9H17F2NO. The first-order valence-corrected chi connectivity index (χ1v) is 4.54. The van der Waals surface area contributed by atoms with E-state index >= 15 is 0 Å². The fourth-order valence-corrected chi connectivity index (χ4v) is 1.66. The van der Waals surface area contributed by atoms with Crippen LogP contribution in [0.5, 0.6) is 0 Å². The van der Waals surface area contributed by atoms with Crippen molar-refractivity contribution in [1.82, 2.24) is 4.90 Å². The summed E-state index contributed by atoms with van der Waals surface area (Å²) in [4.78, 5) is 1.79. The Bertz CT molecular complexity index is 184. The molecule has 0 N–H and O–H groups in total. The minimum absolute atomic E-state index is 0.0296. The van der Waals surface area contributed by atoms with Crippen molar-refractivity contribution >= 4 is 0 Å². The molecular weight excluding hydrogens is 176 g/mol. The molecule has 13 heavy (non-hydrogen) atoms. The van der Waals surface area contributed by atoms with E-state index < -0.39 is 11.3 Å². The van der Waals surface area contributed by atoms with Crippen LogP contribution in [0.25, 0.3) is 0 Å². The molecule has 0 radical (unpaired) electrons. The van der Waals surface area contributed by atoms with Crippen molar-refractivity contribution in [2.24, 2.45) is 5.41 Å². The molecule has 0 aromatic heterocycles. The molecule has 1 saturated carbocycles. The molecule has 0 bridgehead atoms. The molecule has 0 heterocycles. The maximum absolute atomic E-state index is 13.0. The normalized spacial score (nSPS) is 30.9. The van der Waals surface area contributed by atoms with E-state index in [0.717, 1.165) is 0 Å². The highest BCUT2D eigenvalue weighted by Crippen LogP contribution is 2.60. The monoisotopic (exact) mass is 193 g/mol. The van der Waals surface area contributed by atoms with Crippen LogP contribution in [0, 0.1) is 5.41 Å². The minimum Gasteiger partial charge on any atom is -0.381 e. The van der Waals surface area contributed by atoms with Gasteiger partial charge in [-0.25, -0.2) is 8.78 Å². The highest BCUT2D eigenvalue weighted by Gasteiger charge is 2.71. The van der Waals surface area contributed by atoms with Gasteiger partial charge in [0, 0.05) is 19.6 Å². The van der Waals surface area contributed by atoms with Crippen LogP contribution in [-0.4, -0.2) is 44.7 Å². The SMILES string of the molecule is CCOCC1(CN(C)C)CC1(F)F. The molecule has 0 amide bonds. The summed E-state index contributed by atoms with van der Waals surface area (Å²) in [7, 11) is 3.62. The average molecular weight is 193 g/mol. The Morgan fingerprint density at radius 2 is 1.92 bits per heavy atom. The number of ether oxygens (including phenoxy) is 1. The van der Waals surface area contributed by atoms with Gasteiger partial charge in [-0.3, -0.25) is 0 Å². The number of nitrogens with zero attached hydrogens (tertiary/aromatic N) is 1. The van der Waals surface area contributed by atoms with Gasteiger partial charge in [-0.1, -0.05) is 0 Å². The van der Waals surface area contributed by atoms with E-state index in [2.05, 4.69) is 0 Å². The largest absolute Gasteiger partial charge is 0.381 e. The fraction of sp³-hybridized carbons (Fsp3) is 1.00. The lowest BCUT2D eigenvalue weighted by Crippen LogP contribution is -2.31. The summed E-state index contributed by atoms with van der Waals surface area (Å²) in [5.74, 6) is -2.52. The number of alkyl halides is 2. The smallest absolute Gasteiger partial charge is 0.258 e. The Kier molecular flexibility index (Phi) is 2.92. The van der Waals surface area contributed by atoms with E-state index in [1.54, 1.807) is 4.90 Å². The molecule has 0 saturated heterocycles. The third-order valence-corrected chi connectivity index (χ3v) is 2.41. The molecule has 78 valence electrons. The van der Waals surface area contributed by atoms with Crippen LogP contribution < -0.4 is 0 Å². The second kappa shape index (κ2) is 3.50. The molecule has 1 fully saturated rings. The summed E-state index contributed by atoms with van der Waals surface area (Å²) in [6.07, 6.45) is -0.0296. The zero-order chi connectivity index (χ0) is 10.1. The molecule has 0 aromatic carbocycles. The first kappa shape index (κ1) is 10.9. The Balaban J connectivity index is 2.48. The van der Waals surface area contributed by atoms with E-state index in [1.165, 1.54) is 0 Å². The maximum atomic E-state index is 13.0. The zero-order valence-corrected chi connectivity index (χ0v) is 8.44. The molecule has 1 unspecified atom stereocenters. The van der Waals surface area contributed by atoms with Gasteiger partial charge in [-0.15, -0.1) is 0 Å². The molecule has 0 aromatic rings. The Morgan fingerprint density at radius 1 is 1.38 bits per heavy atom. The van der Waals surface area contributed by atoms with Gasteiger partial charge in [0.2, 0.25) is 0 Å². The minimum atomic E-state index is -2.52. The zero-order valence-electron chi connectivity index (χ0n) is 8.44. The van der Waals surface area contributed by atoms with Crippen molar-refractivity contribution < 1.29 is 13.5 Å². The third kappa shape index (κ3) is 2.17. The predicted octanol–water partition coefficient (Wildman–Crippen LogP) is 1.61. The van der Waals surface area contributed by atoms with Crippen LogP contribution in [0.15, 0.2) is 0 Å². The van der Waals surface area contributed by atoms with Crippen molar-refractivity contribution in [1.29, 1.82) is 0 Å². The Hall–Kier alpha value is -0.220. The molecule has 0 aliphatic heterocycles. The average Bonchev–Trinajstić information content (AvgIpc) is 2.48. The Labute approximate surface area is 77.9 Å². The van der Waals surface area contributed by atoms with Crippen molar-refractivity contribution in [3.63, 3.8) is 0 Å². The van der Waals surface area contributed by atoms with Crippen LogP contribution in [0.1, 0.15) is 13.3 Å². The summed E-state index contributed by atoms with van der Waals surface area (Å²) in [5, 5.41) is 0. The molecule has 1 aliphatic carbocycles. The van der Waals surface area contributed by atoms with Crippen molar-refractivity contribution in [2.75, 3.05) is 33.9 Å². The van der Waals surface area contributed by atoms with Crippen LogP contribution in [0.3, 0.4) is 0 Å². The van der Waals surface area contributed by atoms with Crippen molar-refractivity contribution in [3.05, 3.63) is 0 Å². The quantitative estimate of drug-likeness (QED) is 0.657. The summed E-state index contributed by atoms with van der Waals surface area (Å²) in [6, 6.07) is 0. The summed E-state index contributed by atoms with van der Waals surface area (Å²) in [5.41, 5.74) is -0.910. The topological polar surface area (TPSA) is 12.5 Å². The number of hydrogen-bond donors (Lipinski definition) is 0. The van der Waals surface area contributed by atoms with E-state index in [-0.39, 0.29) is 13.0 Å². The standard InChI is InChI=1S/C9H17F2NO/c1-4-13-7-8(6-12(2)3)5-9(8,10)11/h4-7H2,1-3H3. The second-order valence-electron chi connectivity index (χ2n) is 4.04. The van der Waals surface area contributed by atoms with Gasteiger partial charge in [0.1, 0.15) is 0 Å². The van der Waals surface area contributed by atoms with E-state index in [1.807, 2.05) is 21.0 Å². The first-order valence-electron chi connectivity index (χ1n) is 4.54. The maximum Gasteiger partial charge on any atom is 0.258 e. The number of hydrogen-bond acceptors (Lipinski definition) is 2. The van der Waals surface area contributed by atoms with Crippen molar-refractivity contribution in [3.8, 4) is 0 Å². The Morgan fingerprint density at radius 3 is 2.23 bits per heavy atom. The van der Waals surface area contributed by atoms with Crippen LogP contribution >= 0.6 is 0 Å². The van der Waals surface area contributed by atoms with E-state index in [0.29, 0.717) is 13.2 Å². The fourth-order valence-electron chi connectivity index (χ4n) is 1.66. The van der Waals surface area contributed by atoms with Gasteiger partial charge in [0.05, 0.1) is 12.0 Å². The lowest BCUT2D eigenvalue weighted by atomic mass is 10.1. The van der Waals surface area contributed by atoms with E-state index in [9.17, 15) is 8.78 Å². The third-order valence-electron chi connectivity index (χ3n) is 2.41. The van der Waals surface area contributed by atoms with Gasteiger partial charge < -0.3 is 9.64 Å². The van der Waals surface area contributed by atoms with Gasteiger partial charge >= 0.3 is 0 Å². The van der Waals surface area contributed by atoms with Gasteiger partial charge in [0.15, 0.2) is 0 Å². The summed E-state index contributed by atoms with van der Waals surface area (Å²) < 4.78 is 31.1. The molecule has 1 atom stereocenters. The molecule has 0 spiro atoms. The number of rotatable bonds is 5. The summed E-state index contributed by atoms with van der Waals surface area (Å²) >= 11 is 0. The van der Waals surface area contributed by atoms with Crippen LogP contribution in [-0.2, 0) is 4.74 Å². The van der Waals surface area contributed by atoms with Crippen LogP contribution in [0.4, 0.5) is 8.78 Å². The molecule has 4 heteroatoms. The second-order valence-corrected chi connectivity index (χ2v) is 4.04. The van der Waals surface area contributed by atoms with Crippen molar-refractivity contribution in [2.45, 2.75) is 19.3 Å². The molecule has 1 aliphatic rings. The highest BCUT2D eigenvalue weighted by molar-refractivity contribution is 5.11. The van der Waals surface area contributed by atoms with Gasteiger partial charge in [-0.05, 0) is 21.0 Å². The number of halogens is 2. The van der Waals surface area contributed by atoms with E-state index in [4.69, 9.17) is 4.74 Å². The van der Waals surface area contributed by atoms with Gasteiger partial charge in [-0.2, -0.15) is 0 Å².